The molecule has 5 heteroatoms. The van der Waals surface area contributed by atoms with Crippen molar-refractivity contribution >= 4 is 17.5 Å². The SMILES string of the molecule is CC1(C)C(Oc2ccc(C#N)c(Cl)c2)C(C)(C)C1C(N)=O. The summed E-state index contributed by atoms with van der Waals surface area (Å²) in [6.07, 6.45) is -0.161. The summed E-state index contributed by atoms with van der Waals surface area (Å²) in [5.74, 6) is 0.0413. The molecule has 0 aliphatic heterocycles. The number of nitriles is 1. The van der Waals surface area contributed by atoms with E-state index in [9.17, 15) is 4.79 Å². The normalized spacial score (nSPS) is 25.5. The van der Waals surface area contributed by atoms with E-state index < -0.39 is 0 Å². The molecule has 1 aromatic rings. The summed E-state index contributed by atoms with van der Waals surface area (Å²) in [4.78, 5) is 11.7. The van der Waals surface area contributed by atoms with Crippen molar-refractivity contribution in [2.75, 3.05) is 0 Å². The van der Waals surface area contributed by atoms with Gasteiger partial charge < -0.3 is 10.5 Å². The maximum Gasteiger partial charge on any atom is 0.221 e. The summed E-state index contributed by atoms with van der Waals surface area (Å²) in [7, 11) is 0. The molecule has 1 aromatic carbocycles. The first-order valence-corrected chi connectivity index (χ1v) is 7.15. The standard InChI is InChI=1S/C16H19ClN2O2/c1-15(2)12(13(19)20)16(3,4)14(15)21-10-6-5-9(8-18)11(17)7-10/h5-7,12,14H,1-4H3,(H2,19,20). The highest BCUT2D eigenvalue weighted by molar-refractivity contribution is 6.31. The van der Waals surface area contributed by atoms with E-state index in [-0.39, 0.29) is 28.8 Å². The highest BCUT2D eigenvalue weighted by Gasteiger charge is 2.65. The number of hydrogen-bond donors (Lipinski definition) is 1. The predicted octanol–water partition coefficient (Wildman–Crippen LogP) is 3.13. The van der Waals surface area contributed by atoms with Gasteiger partial charge in [0.15, 0.2) is 0 Å². The highest BCUT2D eigenvalue weighted by atomic mass is 35.5. The van der Waals surface area contributed by atoms with E-state index in [4.69, 9.17) is 27.3 Å². The molecule has 0 unspecified atom stereocenters. The van der Waals surface area contributed by atoms with Gasteiger partial charge in [-0.1, -0.05) is 39.3 Å². The average molecular weight is 307 g/mol. The number of rotatable bonds is 3. The maximum absolute atomic E-state index is 11.7. The number of carbonyl (C=O) groups excluding carboxylic acids is 1. The first kappa shape index (κ1) is 15.7. The van der Waals surface area contributed by atoms with Crippen molar-refractivity contribution in [3.05, 3.63) is 28.8 Å². The fourth-order valence-electron chi connectivity index (χ4n) is 3.96. The van der Waals surface area contributed by atoms with E-state index >= 15 is 0 Å². The topological polar surface area (TPSA) is 76.1 Å². The molecule has 0 atom stereocenters. The van der Waals surface area contributed by atoms with E-state index in [0.29, 0.717) is 16.3 Å². The van der Waals surface area contributed by atoms with Crippen LogP contribution in [0.25, 0.3) is 0 Å². The van der Waals surface area contributed by atoms with E-state index in [2.05, 4.69) is 0 Å². The van der Waals surface area contributed by atoms with Gasteiger partial charge in [-0.05, 0) is 12.1 Å². The number of carbonyl (C=O) groups is 1. The van der Waals surface area contributed by atoms with Crippen LogP contribution in [0.5, 0.6) is 5.75 Å². The minimum atomic E-state index is -0.351. The number of amides is 1. The van der Waals surface area contributed by atoms with Gasteiger partial charge in [0.05, 0.1) is 16.5 Å². The zero-order valence-corrected chi connectivity index (χ0v) is 13.4. The van der Waals surface area contributed by atoms with E-state index in [0.717, 1.165) is 0 Å². The van der Waals surface area contributed by atoms with Gasteiger partial charge in [-0.3, -0.25) is 4.79 Å². The molecule has 1 saturated carbocycles. The molecule has 1 aliphatic rings. The third-order valence-corrected chi connectivity index (χ3v) is 4.75. The second-order valence-corrected chi connectivity index (χ2v) is 7.14. The molecule has 1 aliphatic carbocycles. The third kappa shape index (κ3) is 2.36. The molecule has 1 fully saturated rings. The summed E-state index contributed by atoms with van der Waals surface area (Å²) in [6.45, 7) is 7.90. The van der Waals surface area contributed by atoms with Gasteiger partial charge >= 0.3 is 0 Å². The lowest BCUT2D eigenvalue weighted by atomic mass is 9.45. The van der Waals surface area contributed by atoms with Crippen LogP contribution in [-0.2, 0) is 4.79 Å². The molecule has 0 radical (unpaired) electrons. The fourth-order valence-corrected chi connectivity index (χ4v) is 4.17. The van der Waals surface area contributed by atoms with Gasteiger partial charge in [-0.25, -0.2) is 0 Å². The molecule has 4 nitrogen and oxygen atoms in total. The van der Waals surface area contributed by atoms with Crippen molar-refractivity contribution < 1.29 is 9.53 Å². The molecular weight excluding hydrogens is 288 g/mol. The predicted molar refractivity (Wildman–Crippen MR) is 80.8 cm³/mol. The smallest absolute Gasteiger partial charge is 0.221 e. The van der Waals surface area contributed by atoms with Gasteiger partial charge in [0.25, 0.3) is 0 Å². The molecule has 0 heterocycles. The van der Waals surface area contributed by atoms with Crippen molar-refractivity contribution in [1.82, 2.24) is 0 Å². The van der Waals surface area contributed by atoms with Gasteiger partial charge in [-0.15, -0.1) is 0 Å². The monoisotopic (exact) mass is 306 g/mol. The van der Waals surface area contributed by atoms with Crippen LogP contribution < -0.4 is 10.5 Å². The van der Waals surface area contributed by atoms with E-state index in [1.807, 2.05) is 33.8 Å². The minimum Gasteiger partial charge on any atom is -0.489 e. The summed E-state index contributed by atoms with van der Waals surface area (Å²) in [5.41, 5.74) is 5.22. The number of halogens is 1. The van der Waals surface area contributed by atoms with Crippen molar-refractivity contribution in [2.45, 2.75) is 33.8 Å². The Hall–Kier alpha value is -1.73. The Labute approximate surface area is 129 Å². The van der Waals surface area contributed by atoms with Gasteiger partial charge in [0, 0.05) is 16.9 Å². The van der Waals surface area contributed by atoms with Crippen LogP contribution in [-0.4, -0.2) is 12.0 Å². The molecule has 21 heavy (non-hydrogen) atoms. The number of benzene rings is 1. The molecule has 112 valence electrons. The molecule has 2 rings (SSSR count). The van der Waals surface area contributed by atoms with Crippen molar-refractivity contribution in [3.63, 3.8) is 0 Å². The Kier molecular flexibility index (Phi) is 3.67. The molecular formula is C16H19ClN2O2. The second kappa shape index (κ2) is 4.92. The Balaban J connectivity index is 2.26. The largest absolute Gasteiger partial charge is 0.489 e. The number of nitrogens with two attached hydrogens (primary N) is 1. The van der Waals surface area contributed by atoms with E-state index in [1.54, 1.807) is 18.2 Å². The quantitative estimate of drug-likeness (QED) is 0.932. The van der Waals surface area contributed by atoms with Gasteiger partial charge in [0.1, 0.15) is 17.9 Å². The molecule has 2 N–H and O–H groups in total. The second-order valence-electron chi connectivity index (χ2n) is 6.73. The van der Waals surface area contributed by atoms with Crippen molar-refractivity contribution in [3.8, 4) is 11.8 Å². The van der Waals surface area contributed by atoms with Gasteiger partial charge in [-0.2, -0.15) is 5.26 Å². The van der Waals surface area contributed by atoms with Crippen molar-refractivity contribution in [2.24, 2.45) is 22.5 Å². The summed E-state index contributed by atoms with van der Waals surface area (Å²) < 4.78 is 6.04. The molecule has 0 aromatic heterocycles. The number of primary amides is 1. The summed E-state index contributed by atoms with van der Waals surface area (Å²) in [5, 5.41) is 9.24. The Morgan fingerprint density at radius 3 is 2.33 bits per heavy atom. The molecule has 0 spiro atoms. The number of hydrogen-bond acceptors (Lipinski definition) is 3. The zero-order chi connectivity index (χ0) is 16.0. The number of ether oxygens (including phenoxy) is 1. The Morgan fingerprint density at radius 2 is 1.90 bits per heavy atom. The molecule has 0 bridgehead atoms. The summed E-state index contributed by atoms with van der Waals surface area (Å²) in [6, 6.07) is 6.98. The van der Waals surface area contributed by atoms with Crippen LogP contribution >= 0.6 is 11.6 Å². The lowest BCUT2D eigenvalue weighted by Gasteiger charge is -2.61. The van der Waals surface area contributed by atoms with Gasteiger partial charge in [0.2, 0.25) is 5.91 Å². The first-order chi connectivity index (χ1) is 9.62. The van der Waals surface area contributed by atoms with E-state index in [1.165, 1.54) is 0 Å². The third-order valence-electron chi connectivity index (χ3n) is 4.44. The zero-order valence-electron chi connectivity index (χ0n) is 12.6. The molecule has 1 amide bonds. The first-order valence-electron chi connectivity index (χ1n) is 6.78. The van der Waals surface area contributed by atoms with Crippen LogP contribution in [0.1, 0.15) is 33.3 Å². The van der Waals surface area contributed by atoms with Crippen LogP contribution in [0, 0.1) is 28.1 Å². The number of nitrogens with zero attached hydrogens (tertiary/aromatic N) is 1. The highest BCUT2D eigenvalue weighted by Crippen LogP contribution is 2.60. The van der Waals surface area contributed by atoms with Crippen LogP contribution in [0.3, 0.4) is 0 Å². The van der Waals surface area contributed by atoms with Crippen LogP contribution in [0.15, 0.2) is 18.2 Å². The lowest BCUT2D eigenvalue weighted by Crippen LogP contribution is -2.69. The van der Waals surface area contributed by atoms with Crippen molar-refractivity contribution in [1.29, 1.82) is 5.26 Å². The maximum atomic E-state index is 11.7. The van der Waals surface area contributed by atoms with Crippen LogP contribution in [0.2, 0.25) is 5.02 Å². The summed E-state index contributed by atoms with van der Waals surface area (Å²) >= 11 is 6.02. The fraction of sp³-hybridized carbons (Fsp3) is 0.500. The minimum absolute atomic E-state index is 0.161. The Bertz CT molecular complexity index is 616. The lowest BCUT2D eigenvalue weighted by molar-refractivity contribution is -0.199. The Morgan fingerprint density at radius 1 is 1.33 bits per heavy atom. The molecule has 0 saturated heterocycles. The average Bonchev–Trinajstić information content (AvgIpc) is 2.34. The van der Waals surface area contributed by atoms with Crippen LogP contribution in [0.4, 0.5) is 0 Å².